The maximum Gasteiger partial charge on any atom is 0.276 e. The van der Waals surface area contributed by atoms with E-state index in [9.17, 15) is 4.79 Å². The molecule has 2 aliphatic heterocycles. The molecule has 1 aromatic carbocycles. The van der Waals surface area contributed by atoms with Crippen LogP contribution in [0.5, 0.6) is 0 Å². The fourth-order valence-corrected chi connectivity index (χ4v) is 4.35. The van der Waals surface area contributed by atoms with Crippen LogP contribution in [0.1, 0.15) is 41.1 Å². The van der Waals surface area contributed by atoms with Gasteiger partial charge >= 0.3 is 0 Å². The topological polar surface area (TPSA) is 49.6 Å². The van der Waals surface area contributed by atoms with E-state index in [0.717, 1.165) is 38.9 Å². The molecule has 0 unspecified atom stereocenters. The molecule has 0 saturated carbocycles. The standard InChI is InChI=1S/C20H25N3O2/c1-15-14-17(21-25-15)20(24)23-13-10-18-19(23)9-12-22(18)11-5-8-16-6-3-2-4-7-16/h2-4,6-7,14,18-19H,5,8-13H2,1H3/t18-,19-/m0/s1. The molecule has 3 heterocycles. The average molecular weight is 339 g/mol. The van der Waals surface area contributed by atoms with Crippen LogP contribution in [0.25, 0.3) is 0 Å². The third-order valence-electron chi connectivity index (χ3n) is 5.55. The molecule has 2 aliphatic rings. The second kappa shape index (κ2) is 7.00. The maximum absolute atomic E-state index is 12.7. The van der Waals surface area contributed by atoms with Crippen LogP contribution in [-0.4, -0.2) is 52.6 Å². The Labute approximate surface area is 148 Å². The maximum atomic E-state index is 12.7. The van der Waals surface area contributed by atoms with E-state index in [0.29, 0.717) is 23.5 Å². The number of nitrogens with zero attached hydrogens (tertiary/aromatic N) is 3. The van der Waals surface area contributed by atoms with Gasteiger partial charge in [-0.1, -0.05) is 35.5 Å². The summed E-state index contributed by atoms with van der Waals surface area (Å²) in [5.41, 5.74) is 1.85. The highest BCUT2D eigenvalue weighted by Gasteiger charge is 2.44. The fourth-order valence-electron chi connectivity index (χ4n) is 4.35. The van der Waals surface area contributed by atoms with Crippen molar-refractivity contribution >= 4 is 5.91 Å². The highest BCUT2D eigenvalue weighted by Crippen LogP contribution is 2.32. The molecule has 5 heteroatoms. The molecular formula is C20H25N3O2. The summed E-state index contributed by atoms with van der Waals surface area (Å²) in [6.07, 6.45) is 4.43. The first-order chi connectivity index (χ1) is 12.2. The minimum absolute atomic E-state index is 0.0236. The van der Waals surface area contributed by atoms with Crippen molar-refractivity contribution in [2.45, 2.75) is 44.7 Å². The number of likely N-dealkylation sites (tertiary alicyclic amines) is 2. The Balaban J connectivity index is 1.33. The minimum atomic E-state index is 0.0236. The molecule has 0 aliphatic carbocycles. The summed E-state index contributed by atoms with van der Waals surface area (Å²) in [7, 11) is 0. The van der Waals surface area contributed by atoms with Gasteiger partial charge in [-0.05, 0) is 44.7 Å². The van der Waals surface area contributed by atoms with E-state index >= 15 is 0 Å². The van der Waals surface area contributed by atoms with E-state index in [2.05, 4.69) is 40.4 Å². The van der Waals surface area contributed by atoms with Crippen molar-refractivity contribution < 1.29 is 9.32 Å². The number of amides is 1. The quantitative estimate of drug-likeness (QED) is 0.840. The highest BCUT2D eigenvalue weighted by atomic mass is 16.5. The van der Waals surface area contributed by atoms with Crippen LogP contribution < -0.4 is 0 Å². The van der Waals surface area contributed by atoms with Gasteiger partial charge in [0.2, 0.25) is 0 Å². The van der Waals surface area contributed by atoms with Crippen LogP contribution in [0.2, 0.25) is 0 Å². The second-order valence-electron chi connectivity index (χ2n) is 7.16. The predicted octanol–water partition coefficient (Wildman–Crippen LogP) is 2.90. The molecule has 132 valence electrons. The van der Waals surface area contributed by atoms with Gasteiger partial charge in [-0.3, -0.25) is 9.69 Å². The van der Waals surface area contributed by atoms with Gasteiger partial charge in [-0.2, -0.15) is 0 Å². The number of rotatable bonds is 5. The zero-order valence-electron chi connectivity index (χ0n) is 14.7. The largest absolute Gasteiger partial charge is 0.361 e. The summed E-state index contributed by atoms with van der Waals surface area (Å²) >= 11 is 0. The number of aromatic nitrogens is 1. The van der Waals surface area contributed by atoms with E-state index < -0.39 is 0 Å². The smallest absolute Gasteiger partial charge is 0.276 e. The van der Waals surface area contributed by atoms with Gasteiger partial charge in [0.05, 0.1) is 0 Å². The van der Waals surface area contributed by atoms with Gasteiger partial charge in [-0.25, -0.2) is 0 Å². The molecule has 0 spiro atoms. The lowest BCUT2D eigenvalue weighted by Crippen LogP contribution is -2.40. The fraction of sp³-hybridized carbons (Fsp3) is 0.500. The summed E-state index contributed by atoms with van der Waals surface area (Å²) < 4.78 is 5.06. The molecule has 2 atom stereocenters. The third-order valence-corrected chi connectivity index (χ3v) is 5.55. The number of hydrogen-bond acceptors (Lipinski definition) is 4. The number of benzene rings is 1. The Morgan fingerprint density at radius 1 is 1.20 bits per heavy atom. The number of fused-ring (bicyclic) bond motifs is 1. The Morgan fingerprint density at radius 2 is 2.00 bits per heavy atom. The first-order valence-electron chi connectivity index (χ1n) is 9.24. The lowest BCUT2D eigenvalue weighted by Gasteiger charge is -2.25. The van der Waals surface area contributed by atoms with Crippen LogP contribution in [0.3, 0.4) is 0 Å². The van der Waals surface area contributed by atoms with Crippen LogP contribution in [0.15, 0.2) is 40.9 Å². The molecule has 25 heavy (non-hydrogen) atoms. The van der Waals surface area contributed by atoms with Crippen molar-refractivity contribution in [1.29, 1.82) is 0 Å². The average Bonchev–Trinajstić information content (AvgIpc) is 3.33. The Bertz CT molecular complexity index is 728. The SMILES string of the molecule is Cc1cc(C(=O)N2CC[C@H]3[C@@H]2CCN3CCCc2ccccc2)no1. The van der Waals surface area contributed by atoms with Gasteiger partial charge in [0.1, 0.15) is 5.76 Å². The lowest BCUT2D eigenvalue weighted by molar-refractivity contribution is 0.0721. The van der Waals surface area contributed by atoms with Crippen LogP contribution >= 0.6 is 0 Å². The van der Waals surface area contributed by atoms with Crippen molar-refractivity contribution in [2.75, 3.05) is 19.6 Å². The van der Waals surface area contributed by atoms with Crippen molar-refractivity contribution in [3.8, 4) is 0 Å². The molecule has 5 nitrogen and oxygen atoms in total. The Hall–Kier alpha value is -2.14. The van der Waals surface area contributed by atoms with Gasteiger partial charge < -0.3 is 9.42 Å². The summed E-state index contributed by atoms with van der Waals surface area (Å²) in [6, 6.07) is 13.2. The molecule has 1 aromatic heterocycles. The van der Waals surface area contributed by atoms with Crippen LogP contribution in [-0.2, 0) is 6.42 Å². The van der Waals surface area contributed by atoms with Gasteiger partial charge in [0.25, 0.3) is 5.91 Å². The summed E-state index contributed by atoms with van der Waals surface area (Å²) in [4.78, 5) is 17.3. The van der Waals surface area contributed by atoms with E-state index in [1.165, 1.54) is 12.0 Å². The normalized spacial score (nSPS) is 23.2. The molecule has 1 amide bonds. The summed E-state index contributed by atoms with van der Waals surface area (Å²) in [5, 5.41) is 3.90. The number of carbonyl (C=O) groups is 1. The second-order valence-corrected chi connectivity index (χ2v) is 7.16. The number of carbonyl (C=O) groups excluding carboxylic acids is 1. The van der Waals surface area contributed by atoms with Crippen molar-refractivity contribution in [1.82, 2.24) is 15.0 Å². The highest BCUT2D eigenvalue weighted by molar-refractivity contribution is 5.92. The molecule has 0 radical (unpaired) electrons. The molecular weight excluding hydrogens is 314 g/mol. The minimum Gasteiger partial charge on any atom is -0.361 e. The first kappa shape index (κ1) is 16.3. The van der Waals surface area contributed by atoms with Crippen LogP contribution in [0, 0.1) is 6.92 Å². The molecule has 4 rings (SSSR count). The Morgan fingerprint density at radius 3 is 2.76 bits per heavy atom. The first-order valence-corrected chi connectivity index (χ1v) is 9.24. The number of aryl methyl sites for hydroxylation is 2. The molecule has 2 saturated heterocycles. The Kier molecular flexibility index (Phi) is 4.57. The zero-order valence-corrected chi connectivity index (χ0v) is 14.7. The molecule has 2 fully saturated rings. The molecule has 0 N–H and O–H groups in total. The summed E-state index contributed by atoms with van der Waals surface area (Å²) in [5.74, 6) is 0.712. The number of hydrogen-bond donors (Lipinski definition) is 0. The molecule has 0 bridgehead atoms. The van der Waals surface area contributed by atoms with Crippen molar-refractivity contribution in [2.24, 2.45) is 0 Å². The van der Waals surface area contributed by atoms with E-state index in [1.807, 2.05) is 11.8 Å². The lowest BCUT2D eigenvalue weighted by atomic mass is 10.1. The van der Waals surface area contributed by atoms with Crippen LogP contribution in [0.4, 0.5) is 0 Å². The monoisotopic (exact) mass is 339 g/mol. The zero-order chi connectivity index (χ0) is 17.2. The van der Waals surface area contributed by atoms with Gasteiger partial charge in [0.15, 0.2) is 5.69 Å². The van der Waals surface area contributed by atoms with Crippen molar-refractivity contribution in [3.63, 3.8) is 0 Å². The van der Waals surface area contributed by atoms with Gasteiger partial charge in [0, 0.05) is 31.2 Å². The third kappa shape index (κ3) is 3.33. The summed E-state index contributed by atoms with van der Waals surface area (Å²) in [6.45, 7) is 4.85. The predicted molar refractivity (Wildman–Crippen MR) is 95.4 cm³/mol. The van der Waals surface area contributed by atoms with Crippen molar-refractivity contribution in [3.05, 3.63) is 53.4 Å². The van der Waals surface area contributed by atoms with E-state index in [1.54, 1.807) is 6.07 Å². The van der Waals surface area contributed by atoms with E-state index in [-0.39, 0.29) is 5.91 Å². The van der Waals surface area contributed by atoms with E-state index in [4.69, 9.17) is 4.52 Å². The van der Waals surface area contributed by atoms with Gasteiger partial charge in [-0.15, -0.1) is 0 Å². The molecule has 2 aromatic rings.